The Morgan fingerprint density at radius 3 is 2.23 bits per heavy atom. The lowest BCUT2D eigenvalue weighted by Crippen LogP contribution is -2.49. The molecular weight excluding hydrogens is 497 g/mol. The van der Waals surface area contributed by atoms with Crippen LogP contribution < -0.4 is 10.6 Å². The van der Waals surface area contributed by atoms with Crippen molar-refractivity contribution in [3.63, 3.8) is 0 Å². The molecule has 3 rings (SSSR count). The summed E-state index contributed by atoms with van der Waals surface area (Å²) in [5.41, 5.74) is 2.77. The summed E-state index contributed by atoms with van der Waals surface area (Å²) in [7, 11) is 0. The summed E-state index contributed by atoms with van der Waals surface area (Å²) in [6.45, 7) is 15.6. The zero-order valence-electron chi connectivity index (χ0n) is 19.9. The Morgan fingerprint density at radius 1 is 0.968 bits per heavy atom. The number of nitrogens with zero attached hydrogens (tertiary/aromatic N) is 3. The van der Waals surface area contributed by atoms with E-state index in [1.54, 1.807) is 0 Å². The number of rotatable bonds is 8. The summed E-state index contributed by atoms with van der Waals surface area (Å²) < 4.78 is 0. The van der Waals surface area contributed by atoms with E-state index in [9.17, 15) is 0 Å². The van der Waals surface area contributed by atoms with E-state index >= 15 is 0 Å². The number of benzene rings is 1. The molecule has 2 heterocycles. The lowest BCUT2D eigenvalue weighted by Gasteiger charge is -2.33. The van der Waals surface area contributed by atoms with Crippen molar-refractivity contribution >= 4 is 29.9 Å². The number of nitrogens with one attached hydrogen (secondary N) is 2. The van der Waals surface area contributed by atoms with E-state index in [0.29, 0.717) is 12.0 Å². The van der Waals surface area contributed by atoms with Gasteiger partial charge in [0.1, 0.15) is 0 Å². The quantitative estimate of drug-likeness (QED) is 0.294. The first-order valence-electron chi connectivity index (χ1n) is 12.2. The summed E-state index contributed by atoms with van der Waals surface area (Å²) in [6.07, 6.45) is 6.21. The van der Waals surface area contributed by atoms with Crippen LogP contribution in [0, 0.1) is 12.8 Å². The van der Waals surface area contributed by atoms with E-state index in [2.05, 4.69) is 65.5 Å². The fraction of sp³-hybridized carbons (Fsp3) is 0.720. The molecule has 0 saturated carbocycles. The molecule has 2 aliphatic rings. The van der Waals surface area contributed by atoms with Gasteiger partial charge in [-0.2, -0.15) is 0 Å². The Morgan fingerprint density at radius 2 is 1.61 bits per heavy atom. The molecule has 2 N–H and O–H groups in total. The number of aliphatic imine (C=N–C) groups is 1. The van der Waals surface area contributed by atoms with Gasteiger partial charge in [-0.3, -0.25) is 9.89 Å². The number of likely N-dealkylation sites (tertiary alicyclic amines) is 2. The second-order valence-electron chi connectivity index (χ2n) is 9.18. The predicted molar refractivity (Wildman–Crippen MR) is 143 cm³/mol. The van der Waals surface area contributed by atoms with E-state index in [-0.39, 0.29) is 24.0 Å². The van der Waals surface area contributed by atoms with Crippen LogP contribution in [0.15, 0.2) is 29.3 Å². The number of hydrogen-bond acceptors (Lipinski definition) is 3. The highest BCUT2D eigenvalue weighted by Gasteiger charge is 2.21. The maximum atomic E-state index is 4.97. The van der Waals surface area contributed by atoms with Crippen molar-refractivity contribution in [1.82, 2.24) is 20.4 Å². The van der Waals surface area contributed by atoms with E-state index < -0.39 is 0 Å². The second-order valence-corrected chi connectivity index (χ2v) is 9.18. The molecule has 1 aromatic rings. The third-order valence-electron chi connectivity index (χ3n) is 6.55. The number of aryl methyl sites for hydroxylation is 1. The topological polar surface area (TPSA) is 42.9 Å². The van der Waals surface area contributed by atoms with Crippen LogP contribution in [-0.2, 0) is 6.54 Å². The molecule has 2 fully saturated rings. The van der Waals surface area contributed by atoms with Gasteiger partial charge >= 0.3 is 0 Å². The van der Waals surface area contributed by atoms with Gasteiger partial charge in [0.25, 0.3) is 0 Å². The fourth-order valence-electron chi connectivity index (χ4n) is 4.63. The maximum Gasteiger partial charge on any atom is 0.191 e. The van der Waals surface area contributed by atoms with Crippen molar-refractivity contribution in [2.45, 2.75) is 65.5 Å². The lowest BCUT2D eigenvalue weighted by atomic mass is 9.96. The van der Waals surface area contributed by atoms with Crippen molar-refractivity contribution in [3.8, 4) is 0 Å². The Kier molecular flexibility index (Phi) is 12.2. The molecule has 31 heavy (non-hydrogen) atoms. The summed E-state index contributed by atoms with van der Waals surface area (Å²) in [6, 6.07) is 9.55. The Balaban J connectivity index is 0.00000341. The van der Waals surface area contributed by atoms with E-state index in [1.807, 2.05) is 0 Å². The van der Waals surface area contributed by atoms with Crippen LogP contribution in [-0.4, -0.2) is 67.6 Å². The third kappa shape index (κ3) is 9.26. The smallest absolute Gasteiger partial charge is 0.191 e. The zero-order chi connectivity index (χ0) is 21.2. The molecule has 0 spiro atoms. The molecule has 6 heteroatoms. The van der Waals surface area contributed by atoms with Crippen molar-refractivity contribution in [2.24, 2.45) is 10.9 Å². The highest BCUT2D eigenvalue weighted by molar-refractivity contribution is 14.0. The number of hydrogen-bond donors (Lipinski definition) is 2. The Hall–Kier alpha value is -0.860. The number of piperidine rings is 2. The van der Waals surface area contributed by atoms with Crippen molar-refractivity contribution in [3.05, 3.63) is 35.4 Å². The first-order valence-corrected chi connectivity index (χ1v) is 12.2. The largest absolute Gasteiger partial charge is 0.357 e. The second kappa shape index (κ2) is 14.3. The molecule has 5 nitrogen and oxygen atoms in total. The van der Waals surface area contributed by atoms with Gasteiger partial charge < -0.3 is 15.5 Å². The molecule has 0 unspecified atom stereocenters. The van der Waals surface area contributed by atoms with Crippen LogP contribution in [0.2, 0.25) is 0 Å². The molecule has 0 aliphatic carbocycles. The lowest BCUT2D eigenvalue weighted by molar-refractivity contribution is 0.180. The predicted octanol–water partition coefficient (Wildman–Crippen LogP) is 4.25. The first kappa shape index (κ1) is 26.4. The molecule has 2 aliphatic heterocycles. The van der Waals surface area contributed by atoms with Gasteiger partial charge in [0.15, 0.2) is 5.96 Å². The van der Waals surface area contributed by atoms with Crippen LogP contribution in [0.4, 0.5) is 0 Å². The van der Waals surface area contributed by atoms with Gasteiger partial charge in [0.2, 0.25) is 0 Å². The number of guanidine groups is 1. The minimum atomic E-state index is 0. The SMILES string of the molecule is CCCN1CCC(NC(=NCC2CCN(Cc3ccc(C)cc3)CC2)NCC)CC1.I. The van der Waals surface area contributed by atoms with Crippen LogP contribution in [0.1, 0.15) is 57.1 Å². The molecule has 176 valence electrons. The third-order valence-corrected chi connectivity index (χ3v) is 6.55. The normalized spacial score (nSPS) is 19.8. The van der Waals surface area contributed by atoms with Crippen LogP contribution in [0.3, 0.4) is 0 Å². The molecule has 2 saturated heterocycles. The molecule has 0 amide bonds. The van der Waals surface area contributed by atoms with Gasteiger partial charge in [-0.1, -0.05) is 36.8 Å². The Bertz CT molecular complexity index is 632. The van der Waals surface area contributed by atoms with Gasteiger partial charge in [-0.15, -0.1) is 24.0 Å². The summed E-state index contributed by atoms with van der Waals surface area (Å²) in [5, 5.41) is 7.17. The monoisotopic (exact) mass is 541 g/mol. The molecule has 0 bridgehead atoms. The Labute approximate surface area is 207 Å². The molecule has 0 radical (unpaired) electrons. The zero-order valence-corrected chi connectivity index (χ0v) is 22.2. The van der Waals surface area contributed by atoms with Crippen molar-refractivity contribution in [2.75, 3.05) is 45.8 Å². The molecular formula is C25H44IN5. The minimum absolute atomic E-state index is 0. The summed E-state index contributed by atoms with van der Waals surface area (Å²) >= 11 is 0. The van der Waals surface area contributed by atoms with Gasteiger partial charge in [-0.25, -0.2) is 0 Å². The standard InChI is InChI=1S/C25H43N5.HI/c1-4-14-29-17-12-24(13-18-29)28-25(26-5-2)27-19-22-10-15-30(16-11-22)20-23-8-6-21(3)7-9-23;/h6-9,22,24H,4-5,10-20H2,1-3H3,(H2,26,27,28);1H. The average Bonchev–Trinajstić information content (AvgIpc) is 2.76. The maximum absolute atomic E-state index is 4.97. The van der Waals surface area contributed by atoms with E-state index in [0.717, 1.165) is 25.6 Å². The van der Waals surface area contributed by atoms with Crippen molar-refractivity contribution < 1.29 is 0 Å². The van der Waals surface area contributed by atoms with E-state index in [4.69, 9.17) is 4.99 Å². The summed E-state index contributed by atoms with van der Waals surface area (Å²) in [4.78, 5) is 10.2. The van der Waals surface area contributed by atoms with Crippen LogP contribution in [0.5, 0.6) is 0 Å². The number of halogens is 1. The first-order chi connectivity index (χ1) is 14.7. The average molecular weight is 542 g/mol. The summed E-state index contributed by atoms with van der Waals surface area (Å²) in [5.74, 6) is 1.73. The van der Waals surface area contributed by atoms with Gasteiger partial charge in [-0.05, 0) is 77.1 Å². The van der Waals surface area contributed by atoms with Crippen molar-refractivity contribution in [1.29, 1.82) is 0 Å². The molecule has 0 aromatic heterocycles. The molecule has 0 atom stereocenters. The van der Waals surface area contributed by atoms with E-state index in [1.165, 1.54) is 76.0 Å². The van der Waals surface area contributed by atoms with Crippen LogP contribution >= 0.6 is 24.0 Å². The van der Waals surface area contributed by atoms with Gasteiger partial charge in [0, 0.05) is 38.8 Å². The minimum Gasteiger partial charge on any atom is -0.357 e. The fourth-order valence-corrected chi connectivity index (χ4v) is 4.63. The van der Waals surface area contributed by atoms with Gasteiger partial charge in [0.05, 0.1) is 0 Å². The highest BCUT2D eigenvalue weighted by Crippen LogP contribution is 2.19. The van der Waals surface area contributed by atoms with Crippen LogP contribution in [0.25, 0.3) is 0 Å². The highest BCUT2D eigenvalue weighted by atomic mass is 127. The molecule has 1 aromatic carbocycles.